The molecule has 2 fully saturated rings. The summed E-state index contributed by atoms with van der Waals surface area (Å²) in [6.45, 7) is -0.172. The molecule has 0 spiro atoms. The number of hydrogen-bond donors (Lipinski definition) is 9. The van der Waals surface area contributed by atoms with E-state index in [0.717, 1.165) is 18.2 Å². The molecular weight excluding hydrogens is 604 g/mol. The molecule has 0 amide bonds. The summed E-state index contributed by atoms with van der Waals surface area (Å²) in [7, 11) is 0. The van der Waals surface area contributed by atoms with Crippen LogP contribution in [0, 0.1) is 0 Å². The Morgan fingerprint density at radius 2 is 1.47 bits per heavy atom. The molecule has 2 aromatic rings. The molecule has 9 N–H and O–H groups in total. The summed E-state index contributed by atoms with van der Waals surface area (Å²) in [6, 6.07) is 7.04. The average molecular weight is 639 g/mol. The Morgan fingerprint density at radius 3 is 2.11 bits per heavy atom. The van der Waals surface area contributed by atoms with Crippen LogP contribution in [-0.2, 0) is 28.5 Å². The highest BCUT2D eigenvalue weighted by atomic mass is 16.7. The SMILES string of the molecule is CC1OC(OC2C(O)C(OCC(=O)c3ccc(O)c(O)c3)OC(CO)C2OC(=O)C=Cc2ccc(O)c(O)c2)C(O)C(O)C1O. The van der Waals surface area contributed by atoms with Crippen LogP contribution < -0.4 is 0 Å². The van der Waals surface area contributed by atoms with Crippen LogP contribution in [-0.4, -0.2) is 132 Å². The van der Waals surface area contributed by atoms with Crippen LogP contribution in [0.1, 0.15) is 22.8 Å². The largest absolute Gasteiger partial charge is 0.504 e. The number of carbonyl (C=O) groups is 2. The highest BCUT2D eigenvalue weighted by Crippen LogP contribution is 2.32. The van der Waals surface area contributed by atoms with Crippen molar-refractivity contribution in [1.29, 1.82) is 0 Å². The molecule has 0 bridgehead atoms. The number of phenolic OH excluding ortho intramolecular Hbond substituents is 4. The van der Waals surface area contributed by atoms with Gasteiger partial charge in [-0.1, -0.05) is 6.07 Å². The molecule has 0 saturated carbocycles. The minimum atomic E-state index is -1.88. The number of benzene rings is 2. The van der Waals surface area contributed by atoms with Crippen LogP contribution >= 0.6 is 0 Å². The highest BCUT2D eigenvalue weighted by molar-refractivity contribution is 5.97. The molecule has 2 saturated heterocycles. The van der Waals surface area contributed by atoms with Gasteiger partial charge in [-0.2, -0.15) is 0 Å². The summed E-state index contributed by atoms with van der Waals surface area (Å²) in [5.74, 6) is -3.58. The maximum atomic E-state index is 12.8. The van der Waals surface area contributed by atoms with Crippen molar-refractivity contribution in [2.24, 2.45) is 0 Å². The summed E-state index contributed by atoms with van der Waals surface area (Å²) in [5.41, 5.74) is 0.247. The maximum absolute atomic E-state index is 12.8. The second kappa shape index (κ2) is 14.5. The van der Waals surface area contributed by atoms with Crippen molar-refractivity contribution in [3.05, 3.63) is 53.6 Å². The van der Waals surface area contributed by atoms with Gasteiger partial charge in [0.25, 0.3) is 0 Å². The van der Waals surface area contributed by atoms with E-state index >= 15 is 0 Å². The zero-order chi connectivity index (χ0) is 33.0. The van der Waals surface area contributed by atoms with Gasteiger partial charge in [0.15, 0.2) is 47.5 Å². The average Bonchev–Trinajstić information content (AvgIpc) is 3.01. The third-order valence-electron chi connectivity index (χ3n) is 7.23. The summed E-state index contributed by atoms with van der Waals surface area (Å²) in [5, 5.41) is 90.4. The van der Waals surface area contributed by atoms with E-state index in [1.165, 1.54) is 37.3 Å². The number of ketones is 1. The first kappa shape index (κ1) is 34.0. The summed E-state index contributed by atoms with van der Waals surface area (Å²) >= 11 is 0. The second-order valence-corrected chi connectivity index (χ2v) is 10.4. The van der Waals surface area contributed by atoms with Gasteiger partial charge in [-0.15, -0.1) is 0 Å². The van der Waals surface area contributed by atoms with E-state index < -0.39 is 104 Å². The predicted molar refractivity (Wildman–Crippen MR) is 148 cm³/mol. The van der Waals surface area contributed by atoms with Crippen molar-refractivity contribution in [3.8, 4) is 23.0 Å². The highest BCUT2D eigenvalue weighted by Gasteiger charge is 2.52. The normalized spacial score (nSPS) is 32.0. The number of esters is 1. The Labute approximate surface area is 255 Å². The third-order valence-corrected chi connectivity index (χ3v) is 7.23. The number of ether oxygens (including phenoxy) is 5. The lowest BCUT2D eigenvalue weighted by Crippen LogP contribution is -2.65. The Balaban J connectivity index is 1.55. The lowest BCUT2D eigenvalue weighted by Gasteiger charge is -2.46. The van der Waals surface area contributed by atoms with Gasteiger partial charge in [-0.3, -0.25) is 4.79 Å². The van der Waals surface area contributed by atoms with E-state index in [1.807, 2.05) is 0 Å². The van der Waals surface area contributed by atoms with Crippen molar-refractivity contribution in [2.45, 2.75) is 68.3 Å². The lowest BCUT2D eigenvalue weighted by atomic mass is 9.97. The number of aliphatic hydroxyl groups is 5. The van der Waals surface area contributed by atoms with Gasteiger partial charge in [0.05, 0.1) is 12.7 Å². The molecule has 16 nitrogen and oxygen atoms in total. The van der Waals surface area contributed by atoms with Gasteiger partial charge in [-0.25, -0.2) is 4.79 Å². The van der Waals surface area contributed by atoms with Gasteiger partial charge in [0.1, 0.15) is 43.2 Å². The van der Waals surface area contributed by atoms with Crippen LogP contribution in [0.25, 0.3) is 6.08 Å². The fraction of sp³-hybridized carbons (Fsp3) is 0.448. The Bertz CT molecular complexity index is 1380. The van der Waals surface area contributed by atoms with E-state index in [4.69, 9.17) is 23.7 Å². The van der Waals surface area contributed by atoms with E-state index in [1.54, 1.807) is 0 Å². The summed E-state index contributed by atoms with van der Waals surface area (Å²) in [4.78, 5) is 25.4. The van der Waals surface area contributed by atoms with Crippen LogP contribution in [0.15, 0.2) is 42.5 Å². The van der Waals surface area contributed by atoms with Gasteiger partial charge in [0.2, 0.25) is 0 Å². The standard InChI is InChI=1S/C29H34O16/c1-12-22(37)23(38)24(39)29(42-12)45-27-25(40)28(41-11-19(35)14-4-6-16(32)18(34)9-14)43-20(10-30)26(27)44-21(36)7-3-13-2-5-15(31)17(33)8-13/h2-9,12,20,22-34,37-40H,10-11H2,1H3. The molecule has 2 aromatic carbocycles. The predicted octanol–water partition coefficient (Wildman–Crippen LogP) is -1.38. The molecule has 246 valence electrons. The van der Waals surface area contributed by atoms with Crippen LogP contribution in [0.4, 0.5) is 0 Å². The maximum Gasteiger partial charge on any atom is 0.331 e. The van der Waals surface area contributed by atoms with Crippen LogP contribution in [0.5, 0.6) is 23.0 Å². The number of aromatic hydroxyl groups is 4. The fourth-order valence-corrected chi connectivity index (χ4v) is 4.68. The van der Waals surface area contributed by atoms with Gasteiger partial charge >= 0.3 is 5.97 Å². The molecule has 10 unspecified atom stereocenters. The molecule has 16 heteroatoms. The molecule has 2 aliphatic heterocycles. The first-order valence-electron chi connectivity index (χ1n) is 13.7. The minimum Gasteiger partial charge on any atom is -0.504 e. The topological polar surface area (TPSA) is 262 Å². The van der Waals surface area contributed by atoms with Crippen molar-refractivity contribution in [1.82, 2.24) is 0 Å². The Kier molecular flexibility index (Phi) is 11.0. The quantitative estimate of drug-likeness (QED) is 0.0629. The van der Waals surface area contributed by atoms with Gasteiger partial charge in [-0.05, 0) is 48.9 Å². The first-order valence-corrected chi connectivity index (χ1v) is 13.7. The number of aliphatic hydroxyl groups excluding tert-OH is 5. The third kappa shape index (κ3) is 7.88. The molecule has 0 radical (unpaired) electrons. The lowest BCUT2D eigenvalue weighted by molar-refractivity contribution is -0.356. The van der Waals surface area contributed by atoms with E-state index in [2.05, 4.69) is 0 Å². The molecular formula is C29H34O16. The minimum absolute atomic E-state index is 0.0529. The van der Waals surface area contributed by atoms with Crippen molar-refractivity contribution < 1.29 is 79.2 Å². The van der Waals surface area contributed by atoms with Crippen LogP contribution in [0.2, 0.25) is 0 Å². The van der Waals surface area contributed by atoms with Crippen molar-refractivity contribution >= 4 is 17.8 Å². The fourth-order valence-electron chi connectivity index (χ4n) is 4.68. The van der Waals surface area contributed by atoms with Crippen molar-refractivity contribution in [3.63, 3.8) is 0 Å². The number of hydrogen-bond acceptors (Lipinski definition) is 16. The van der Waals surface area contributed by atoms with Gasteiger partial charge in [0, 0.05) is 11.6 Å². The van der Waals surface area contributed by atoms with E-state index in [0.29, 0.717) is 5.56 Å². The molecule has 2 aliphatic rings. The molecule has 0 aromatic heterocycles. The Morgan fingerprint density at radius 1 is 0.800 bits per heavy atom. The smallest absolute Gasteiger partial charge is 0.331 e. The monoisotopic (exact) mass is 638 g/mol. The zero-order valence-corrected chi connectivity index (χ0v) is 23.7. The molecule has 45 heavy (non-hydrogen) atoms. The number of phenols is 4. The van der Waals surface area contributed by atoms with E-state index in [-0.39, 0.29) is 11.3 Å². The zero-order valence-electron chi connectivity index (χ0n) is 23.7. The number of rotatable bonds is 10. The number of carbonyl (C=O) groups excluding carboxylic acids is 2. The van der Waals surface area contributed by atoms with Crippen LogP contribution in [0.3, 0.4) is 0 Å². The Hall–Kier alpha value is -3.84. The molecule has 4 rings (SSSR count). The van der Waals surface area contributed by atoms with Crippen molar-refractivity contribution in [2.75, 3.05) is 13.2 Å². The molecule has 2 heterocycles. The van der Waals surface area contributed by atoms with E-state index in [9.17, 15) is 55.5 Å². The molecule has 0 aliphatic carbocycles. The second-order valence-electron chi connectivity index (χ2n) is 10.4. The summed E-state index contributed by atoms with van der Waals surface area (Å²) in [6.07, 6.45) is -13.9. The molecule has 10 atom stereocenters. The van der Waals surface area contributed by atoms with Gasteiger partial charge < -0.3 is 69.6 Å². The number of Topliss-reactive ketones (excluding diaryl/α,β-unsaturated/α-hetero) is 1. The first-order chi connectivity index (χ1) is 21.3. The summed E-state index contributed by atoms with van der Waals surface area (Å²) < 4.78 is 27.7.